The van der Waals surface area contributed by atoms with Crippen LogP contribution in [0.4, 0.5) is 5.69 Å². The third-order valence-corrected chi connectivity index (χ3v) is 5.05. The van der Waals surface area contributed by atoms with E-state index < -0.39 is 0 Å². The molecule has 0 bridgehead atoms. The second kappa shape index (κ2) is 8.77. The van der Waals surface area contributed by atoms with E-state index in [-0.39, 0.29) is 17.7 Å². The molecule has 0 fully saturated rings. The van der Waals surface area contributed by atoms with Gasteiger partial charge in [-0.05, 0) is 61.9 Å². The normalized spacial score (nSPS) is 11.1. The molecule has 0 aliphatic carbocycles. The number of halogens is 1. The minimum absolute atomic E-state index is 0.0621. The van der Waals surface area contributed by atoms with Gasteiger partial charge in [-0.3, -0.25) is 9.20 Å². The van der Waals surface area contributed by atoms with Crippen molar-refractivity contribution < 1.29 is 9.53 Å². The molecule has 0 spiro atoms. The Balaban J connectivity index is 1.56. The third kappa shape index (κ3) is 4.69. The number of hydrogen-bond donors (Lipinski definition) is 1. The Kier molecular flexibility index (Phi) is 5.90. The van der Waals surface area contributed by atoms with Gasteiger partial charge >= 0.3 is 5.69 Å². The van der Waals surface area contributed by atoms with Crippen molar-refractivity contribution >= 4 is 33.2 Å². The van der Waals surface area contributed by atoms with Crippen LogP contribution in [0, 0.1) is 0 Å². The van der Waals surface area contributed by atoms with Crippen LogP contribution >= 0.6 is 15.9 Å². The second-order valence-electron chi connectivity index (χ2n) is 7.33. The summed E-state index contributed by atoms with van der Waals surface area (Å²) in [6, 6.07) is 18.1. The fraction of sp³-hybridized carbons (Fsp3) is 0.174. The number of nitrogens with one attached hydrogen (secondary N) is 1. The van der Waals surface area contributed by atoms with E-state index >= 15 is 0 Å². The fourth-order valence-corrected chi connectivity index (χ4v) is 3.57. The van der Waals surface area contributed by atoms with Crippen LogP contribution in [0.1, 0.15) is 29.8 Å². The third-order valence-electron chi connectivity index (χ3n) is 4.56. The molecule has 7 nitrogen and oxygen atoms in total. The zero-order chi connectivity index (χ0) is 22.0. The van der Waals surface area contributed by atoms with Crippen LogP contribution in [-0.2, 0) is 6.54 Å². The highest BCUT2D eigenvalue weighted by Crippen LogP contribution is 2.26. The van der Waals surface area contributed by atoms with Gasteiger partial charge in [-0.15, -0.1) is 5.10 Å². The Morgan fingerprint density at radius 1 is 1.13 bits per heavy atom. The summed E-state index contributed by atoms with van der Waals surface area (Å²) in [5.74, 6) is 0.236. The molecule has 2 heterocycles. The summed E-state index contributed by atoms with van der Waals surface area (Å²) in [5.41, 5.74) is 2.29. The number of pyridine rings is 1. The zero-order valence-corrected chi connectivity index (χ0v) is 18.7. The van der Waals surface area contributed by atoms with Crippen molar-refractivity contribution in [3.05, 3.63) is 92.9 Å². The first-order chi connectivity index (χ1) is 14.9. The van der Waals surface area contributed by atoms with E-state index in [1.807, 2.05) is 38.1 Å². The lowest BCUT2D eigenvalue weighted by atomic mass is 10.1. The molecule has 0 radical (unpaired) electrons. The number of carbonyl (C=O) groups excluding carboxylic acids is 1. The maximum atomic E-state index is 12.9. The maximum absolute atomic E-state index is 12.9. The predicted octanol–water partition coefficient (Wildman–Crippen LogP) is 4.35. The van der Waals surface area contributed by atoms with E-state index in [0.717, 1.165) is 10.0 Å². The molecule has 0 aliphatic rings. The lowest BCUT2D eigenvalue weighted by Crippen LogP contribution is -2.21. The molecule has 0 aliphatic heterocycles. The largest absolute Gasteiger partial charge is 0.490 e. The Bertz CT molecular complexity index is 1310. The van der Waals surface area contributed by atoms with Gasteiger partial charge < -0.3 is 10.1 Å². The van der Waals surface area contributed by atoms with Crippen LogP contribution < -0.4 is 15.7 Å². The Labute approximate surface area is 187 Å². The molecular formula is C23H21BrN4O3. The molecule has 0 saturated heterocycles. The van der Waals surface area contributed by atoms with E-state index in [4.69, 9.17) is 4.74 Å². The summed E-state index contributed by atoms with van der Waals surface area (Å²) in [5, 5.41) is 7.26. The molecular weight excluding hydrogens is 460 g/mol. The molecule has 0 atom stereocenters. The van der Waals surface area contributed by atoms with E-state index in [1.165, 1.54) is 9.08 Å². The van der Waals surface area contributed by atoms with Gasteiger partial charge in [0, 0.05) is 16.4 Å². The smallest absolute Gasteiger partial charge is 0.350 e. The minimum Gasteiger partial charge on any atom is -0.490 e. The number of amides is 1. The highest BCUT2D eigenvalue weighted by Gasteiger charge is 2.15. The lowest BCUT2D eigenvalue weighted by Gasteiger charge is -2.15. The number of nitrogens with zero attached hydrogens (tertiary/aromatic N) is 3. The van der Waals surface area contributed by atoms with E-state index in [2.05, 4.69) is 26.3 Å². The number of carbonyl (C=O) groups is 1. The van der Waals surface area contributed by atoms with Crippen LogP contribution in [0.25, 0.3) is 5.65 Å². The molecule has 4 aromatic rings. The quantitative estimate of drug-likeness (QED) is 0.445. The molecule has 2 aromatic carbocycles. The van der Waals surface area contributed by atoms with Crippen molar-refractivity contribution in [2.24, 2.45) is 0 Å². The summed E-state index contributed by atoms with van der Waals surface area (Å²) in [6.07, 6.45) is 1.63. The summed E-state index contributed by atoms with van der Waals surface area (Å²) in [6.45, 7) is 4.12. The van der Waals surface area contributed by atoms with Crippen molar-refractivity contribution in [2.75, 3.05) is 5.32 Å². The Morgan fingerprint density at radius 2 is 1.97 bits per heavy atom. The predicted molar refractivity (Wildman–Crippen MR) is 123 cm³/mol. The highest BCUT2D eigenvalue weighted by atomic mass is 79.9. The number of rotatable bonds is 6. The standard InChI is InChI=1S/C23H21BrN4O3/c1-15(2)31-20-13-17(24)9-10-19(20)22(29)25-18-7-5-6-16(12-18)14-28-23(30)27-11-4-3-8-21(27)26-28/h3-13,15H,14H2,1-2H3,(H,25,29). The zero-order valence-electron chi connectivity index (χ0n) is 17.1. The van der Waals surface area contributed by atoms with Crippen molar-refractivity contribution in [3.8, 4) is 5.75 Å². The number of aromatic nitrogens is 3. The first kappa shape index (κ1) is 20.9. The first-order valence-corrected chi connectivity index (χ1v) is 10.6. The minimum atomic E-state index is -0.273. The SMILES string of the molecule is CC(C)Oc1cc(Br)ccc1C(=O)Nc1cccc(Cn2nc3ccccn3c2=O)c1. The molecule has 2 aromatic heterocycles. The summed E-state index contributed by atoms with van der Waals surface area (Å²) >= 11 is 3.41. The first-order valence-electron chi connectivity index (χ1n) is 9.81. The van der Waals surface area contributed by atoms with Gasteiger partial charge in [-0.2, -0.15) is 0 Å². The molecule has 1 N–H and O–H groups in total. The summed E-state index contributed by atoms with van der Waals surface area (Å²) in [4.78, 5) is 25.4. The number of ether oxygens (including phenoxy) is 1. The number of fused-ring (bicyclic) bond motifs is 1. The topological polar surface area (TPSA) is 77.6 Å². The molecule has 31 heavy (non-hydrogen) atoms. The van der Waals surface area contributed by atoms with Crippen molar-refractivity contribution in [1.82, 2.24) is 14.2 Å². The average Bonchev–Trinajstić information content (AvgIpc) is 3.03. The van der Waals surface area contributed by atoms with Crippen LogP contribution in [0.5, 0.6) is 5.75 Å². The van der Waals surface area contributed by atoms with Gasteiger partial charge in [0.25, 0.3) is 5.91 Å². The van der Waals surface area contributed by atoms with E-state index in [9.17, 15) is 9.59 Å². The van der Waals surface area contributed by atoms with Gasteiger partial charge in [0.1, 0.15) is 5.75 Å². The lowest BCUT2D eigenvalue weighted by molar-refractivity contribution is 0.102. The second-order valence-corrected chi connectivity index (χ2v) is 8.25. The summed E-state index contributed by atoms with van der Waals surface area (Å²) < 4.78 is 9.52. The highest BCUT2D eigenvalue weighted by molar-refractivity contribution is 9.10. The van der Waals surface area contributed by atoms with Crippen molar-refractivity contribution in [3.63, 3.8) is 0 Å². The van der Waals surface area contributed by atoms with E-state index in [0.29, 0.717) is 29.2 Å². The van der Waals surface area contributed by atoms with Crippen molar-refractivity contribution in [1.29, 1.82) is 0 Å². The Morgan fingerprint density at radius 3 is 2.74 bits per heavy atom. The molecule has 0 unspecified atom stereocenters. The van der Waals surface area contributed by atoms with Gasteiger partial charge in [0.2, 0.25) is 0 Å². The maximum Gasteiger partial charge on any atom is 0.350 e. The average molecular weight is 481 g/mol. The number of hydrogen-bond acceptors (Lipinski definition) is 4. The molecule has 0 saturated carbocycles. The van der Waals surface area contributed by atoms with Gasteiger partial charge in [0.15, 0.2) is 5.65 Å². The number of anilines is 1. The number of benzene rings is 2. The molecule has 1 amide bonds. The van der Waals surface area contributed by atoms with Crippen LogP contribution in [0.3, 0.4) is 0 Å². The van der Waals surface area contributed by atoms with Crippen molar-refractivity contribution in [2.45, 2.75) is 26.5 Å². The van der Waals surface area contributed by atoms with Crippen LogP contribution in [0.15, 0.2) is 76.1 Å². The molecule has 158 valence electrons. The van der Waals surface area contributed by atoms with Gasteiger partial charge in [-0.25, -0.2) is 9.48 Å². The summed E-state index contributed by atoms with van der Waals surface area (Å²) in [7, 11) is 0. The Hall–Kier alpha value is -3.39. The van der Waals surface area contributed by atoms with E-state index in [1.54, 1.807) is 42.6 Å². The van der Waals surface area contributed by atoms with Crippen LogP contribution in [0.2, 0.25) is 0 Å². The molecule has 4 rings (SSSR count). The van der Waals surface area contributed by atoms with Gasteiger partial charge in [0.05, 0.1) is 18.2 Å². The monoisotopic (exact) mass is 480 g/mol. The fourth-order valence-electron chi connectivity index (χ4n) is 3.23. The molecule has 8 heteroatoms. The van der Waals surface area contributed by atoms with Gasteiger partial charge in [-0.1, -0.05) is 34.1 Å². The van der Waals surface area contributed by atoms with Crippen LogP contribution in [-0.4, -0.2) is 26.2 Å².